The highest BCUT2D eigenvalue weighted by Gasteiger charge is 2.20. The van der Waals surface area contributed by atoms with Crippen LogP contribution in [0.5, 0.6) is 11.5 Å². The first-order valence-electron chi connectivity index (χ1n) is 7.62. The molecule has 0 aliphatic carbocycles. The molecule has 1 aromatic carbocycles. The molecule has 1 amide bonds. The summed E-state index contributed by atoms with van der Waals surface area (Å²) in [5.41, 5.74) is 0.654. The number of ether oxygens (including phenoxy) is 2. The van der Waals surface area contributed by atoms with Crippen LogP contribution in [-0.2, 0) is 13.1 Å². The second-order valence-electron chi connectivity index (χ2n) is 5.42. The van der Waals surface area contributed by atoms with Crippen LogP contribution in [0.15, 0.2) is 34.3 Å². The Morgan fingerprint density at radius 1 is 1.29 bits per heavy atom. The third-order valence-electron chi connectivity index (χ3n) is 3.86. The Bertz CT molecular complexity index is 865. The summed E-state index contributed by atoms with van der Waals surface area (Å²) in [6, 6.07) is 5.51. The lowest BCUT2D eigenvalue weighted by Gasteiger charge is -2.19. The maximum Gasteiger partial charge on any atom is 0.267 e. The van der Waals surface area contributed by atoms with E-state index in [0.717, 1.165) is 11.3 Å². The van der Waals surface area contributed by atoms with Gasteiger partial charge in [-0.15, -0.1) is 0 Å². The van der Waals surface area contributed by atoms with Crippen LogP contribution in [0.1, 0.15) is 15.9 Å². The Labute approximate surface area is 142 Å². The average Bonchev–Trinajstić information content (AvgIpc) is 3.09. The number of amides is 1. The summed E-state index contributed by atoms with van der Waals surface area (Å²) in [5.74, 6) is 1.76. The van der Waals surface area contributed by atoms with Crippen molar-refractivity contribution in [3.05, 3.63) is 45.9 Å². The number of nitrogens with one attached hydrogen (secondary N) is 1. The first kappa shape index (κ1) is 15.1. The molecule has 24 heavy (non-hydrogen) atoms. The topological polar surface area (TPSA) is 82.4 Å². The van der Waals surface area contributed by atoms with E-state index in [1.54, 1.807) is 4.57 Å². The lowest BCUT2D eigenvalue weighted by Crippen LogP contribution is -2.33. The summed E-state index contributed by atoms with van der Waals surface area (Å²) in [6.07, 6.45) is 1.35. The third kappa shape index (κ3) is 2.73. The Kier molecular flexibility index (Phi) is 3.89. The SMILES string of the molecule is O=C(NCc1ccc2c(c1)OCCO2)c1cnc2n(c1=O)CCS2. The first-order valence-corrected chi connectivity index (χ1v) is 8.60. The van der Waals surface area contributed by atoms with Crippen molar-refractivity contribution in [2.75, 3.05) is 19.0 Å². The molecule has 4 rings (SSSR count). The second kappa shape index (κ2) is 6.20. The monoisotopic (exact) mass is 345 g/mol. The van der Waals surface area contributed by atoms with Crippen LogP contribution in [0, 0.1) is 0 Å². The molecule has 0 bridgehead atoms. The van der Waals surface area contributed by atoms with Crippen molar-refractivity contribution in [2.45, 2.75) is 18.2 Å². The molecule has 0 unspecified atom stereocenters. The minimum atomic E-state index is -0.422. The summed E-state index contributed by atoms with van der Waals surface area (Å²) in [7, 11) is 0. The fraction of sp³-hybridized carbons (Fsp3) is 0.312. The fourth-order valence-electron chi connectivity index (χ4n) is 2.65. The molecule has 0 radical (unpaired) electrons. The zero-order valence-corrected chi connectivity index (χ0v) is 13.6. The van der Waals surface area contributed by atoms with Gasteiger partial charge in [0.2, 0.25) is 0 Å². The van der Waals surface area contributed by atoms with E-state index in [2.05, 4.69) is 10.3 Å². The zero-order chi connectivity index (χ0) is 16.5. The summed E-state index contributed by atoms with van der Waals surface area (Å²) in [6.45, 7) is 1.94. The van der Waals surface area contributed by atoms with Gasteiger partial charge in [-0.1, -0.05) is 17.8 Å². The Hall–Kier alpha value is -2.48. The molecule has 7 nitrogen and oxygen atoms in total. The van der Waals surface area contributed by atoms with E-state index >= 15 is 0 Å². The summed E-state index contributed by atoms with van der Waals surface area (Å²) >= 11 is 1.52. The van der Waals surface area contributed by atoms with Gasteiger partial charge in [0.05, 0.1) is 0 Å². The molecule has 124 valence electrons. The molecular weight excluding hydrogens is 330 g/mol. The van der Waals surface area contributed by atoms with Crippen molar-refractivity contribution in [3.8, 4) is 11.5 Å². The van der Waals surface area contributed by atoms with Crippen LogP contribution in [-0.4, -0.2) is 34.4 Å². The highest BCUT2D eigenvalue weighted by Crippen LogP contribution is 2.30. The van der Waals surface area contributed by atoms with Gasteiger partial charge >= 0.3 is 0 Å². The van der Waals surface area contributed by atoms with E-state index in [1.807, 2.05) is 18.2 Å². The van der Waals surface area contributed by atoms with Crippen molar-refractivity contribution in [1.29, 1.82) is 0 Å². The van der Waals surface area contributed by atoms with Crippen molar-refractivity contribution in [3.63, 3.8) is 0 Å². The highest BCUT2D eigenvalue weighted by atomic mass is 32.2. The Balaban J connectivity index is 1.48. The third-order valence-corrected chi connectivity index (χ3v) is 4.83. The van der Waals surface area contributed by atoms with E-state index in [9.17, 15) is 9.59 Å². The molecule has 2 aliphatic heterocycles. The molecule has 2 aliphatic rings. The number of carbonyl (C=O) groups is 1. The Morgan fingerprint density at radius 3 is 3.00 bits per heavy atom. The van der Waals surface area contributed by atoms with E-state index in [4.69, 9.17) is 9.47 Å². The van der Waals surface area contributed by atoms with Crippen LogP contribution in [0.3, 0.4) is 0 Å². The van der Waals surface area contributed by atoms with Gasteiger partial charge in [-0.2, -0.15) is 0 Å². The van der Waals surface area contributed by atoms with Gasteiger partial charge in [0.25, 0.3) is 11.5 Å². The fourth-order valence-corrected chi connectivity index (χ4v) is 3.56. The van der Waals surface area contributed by atoms with Crippen LogP contribution in [0.25, 0.3) is 0 Å². The number of hydrogen-bond donors (Lipinski definition) is 1. The van der Waals surface area contributed by atoms with Crippen LogP contribution >= 0.6 is 11.8 Å². The molecule has 3 heterocycles. The van der Waals surface area contributed by atoms with Gasteiger partial charge < -0.3 is 14.8 Å². The lowest BCUT2D eigenvalue weighted by molar-refractivity contribution is 0.0948. The van der Waals surface area contributed by atoms with Crippen LogP contribution in [0.2, 0.25) is 0 Å². The molecular formula is C16H15N3O4S. The summed E-state index contributed by atoms with van der Waals surface area (Å²) < 4.78 is 12.5. The van der Waals surface area contributed by atoms with Crippen molar-refractivity contribution < 1.29 is 14.3 Å². The average molecular weight is 345 g/mol. The number of aromatic nitrogens is 2. The Morgan fingerprint density at radius 2 is 2.12 bits per heavy atom. The molecule has 0 fully saturated rings. The van der Waals surface area contributed by atoms with Gasteiger partial charge in [-0.3, -0.25) is 14.2 Å². The summed E-state index contributed by atoms with van der Waals surface area (Å²) in [5, 5.41) is 3.43. The molecule has 8 heteroatoms. The predicted octanol–water partition coefficient (Wildman–Crippen LogP) is 1.05. The number of fused-ring (bicyclic) bond motifs is 2. The van der Waals surface area contributed by atoms with Crippen molar-refractivity contribution in [1.82, 2.24) is 14.9 Å². The molecule has 1 aromatic heterocycles. The number of benzene rings is 1. The highest BCUT2D eigenvalue weighted by molar-refractivity contribution is 7.99. The lowest BCUT2D eigenvalue weighted by atomic mass is 10.2. The second-order valence-corrected chi connectivity index (χ2v) is 6.48. The van der Waals surface area contributed by atoms with E-state index in [0.29, 0.717) is 43.0 Å². The maximum atomic E-state index is 12.3. The van der Waals surface area contributed by atoms with E-state index < -0.39 is 5.91 Å². The molecule has 0 spiro atoms. The maximum absolute atomic E-state index is 12.3. The minimum absolute atomic E-state index is 0.0683. The van der Waals surface area contributed by atoms with Gasteiger partial charge in [0, 0.05) is 25.0 Å². The van der Waals surface area contributed by atoms with Crippen molar-refractivity contribution >= 4 is 17.7 Å². The first-order chi connectivity index (χ1) is 11.7. The molecule has 1 N–H and O–H groups in total. The van der Waals surface area contributed by atoms with E-state index in [1.165, 1.54) is 18.0 Å². The van der Waals surface area contributed by atoms with Gasteiger partial charge in [0.15, 0.2) is 16.7 Å². The van der Waals surface area contributed by atoms with Crippen LogP contribution < -0.4 is 20.3 Å². The van der Waals surface area contributed by atoms with Gasteiger partial charge in [-0.05, 0) is 17.7 Å². The van der Waals surface area contributed by atoms with Crippen LogP contribution in [0.4, 0.5) is 0 Å². The number of hydrogen-bond acceptors (Lipinski definition) is 6. The molecule has 2 aromatic rings. The predicted molar refractivity (Wildman–Crippen MR) is 87.8 cm³/mol. The van der Waals surface area contributed by atoms with Gasteiger partial charge in [0.1, 0.15) is 18.8 Å². The number of nitrogens with zero attached hydrogens (tertiary/aromatic N) is 2. The van der Waals surface area contributed by atoms with Gasteiger partial charge in [-0.25, -0.2) is 4.98 Å². The minimum Gasteiger partial charge on any atom is -0.486 e. The zero-order valence-electron chi connectivity index (χ0n) is 12.8. The molecule has 0 saturated heterocycles. The number of thioether (sulfide) groups is 1. The smallest absolute Gasteiger partial charge is 0.267 e. The largest absolute Gasteiger partial charge is 0.486 e. The normalized spacial score (nSPS) is 15.0. The number of rotatable bonds is 3. The quantitative estimate of drug-likeness (QED) is 0.838. The standard InChI is InChI=1S/C16H15N3O4S/c20-14(11-9-18-16-19(15(11)21)3-6-24-16)17-8-10-1-2-12-13(7-10)23-5-4-22-12/h1-2,7,9H,3-6,8H2,(H,17,20). The molecule has 0 saturated carbocycles. The van der Waals surface area contributed by atoms with E-state index in [-0.39, 0.29) is 11.1 Å². The number of carbonyl (C=O) groups excluding carboxylic acids is 1. The molecule has 0 atom stereocenters. The van der Waals surface area contributed by atoms with Crippen molar-refractivity contribution in [2.24, 2.45) is 0 Å². The summed E-state index contributed by atoms with van der Waals surface area (Å²) in [4.78, 5) is 28.8.